The first-order chi connectivity index (χ1) is 16.7. The van der Waals surface area contributed by atoms with Crippen LogP contribution in [0.4, 0.5) is 0 Å². The second kappa shape index (κ2) is 9.75. The minimum absolute atomic E-state index is 0.0265. The van der Waals surface area contributed by atoms with E-state index in [0.717, 1.165) is 30.6 Å². The number of hydrogen-bond donors (Lipinski definition) is 1. The number of aromatic nitrogens is 2. The van der Waals surface area contributed by atoms with Crippen LogP contribution in [-0.2, 0) is 6.42 Å². The van der Waals surface area contributed by atoms with Gasteiger partial charge in [-0.25, -0.2) is 4.98 Å². The maximum absolute atomic E-state index is 13.1. The molecule has 4 aromatic rings. The van der Waals surface area contributed by atoms with Gasteiger partial charge >= 0.3 is 0 Å². The molecule has 1 atom stereocenters. The average Bonchev–Trinajstić information content (AvgIpc) is 2.89. The molecule has 1 amide bonds. The van der Waals surface area contributed by atoms with Crippen LogP contribution < -0.4 is 14.8 Å². The fourth-order valence-corrected chi connectivity index (χ4v) is 4.25. The summed E-state index contributed by atoms with van der Waals surface area (Å²) in [7, 11) is 1.62. The normalized spacial score (nSPS) is 14.7. The third-order valence-electron chi connectivity index (χ3n) is 5.97. The number of nitrogens with zero attached hydrogens (tertiary/aromatic N) is 2. The van der Waals surface area contributed by atoms with Gasteiger partial charge in [0.2, 0.25) is 5.88 Å². The van der Waals surface area contributed by atoms with E-state index in [1.807, 2.05) is 54.6 Å². The highest BCUT2D eigenvalue weighted by atomic mass is 16.5. The van der Waals surface area contributed by atoms with E-state index in [-0.39, 0.29) is 11.9 Å². The van der Waals surface area contributed by atoms with Crippen LogP contribution >= 0.6 is 0 Å². The summed E-state index contributed by atoms with van der Waals surface area (Å²) in [5.74, 6) is 2.20. The molecule has 6 nitrogen and oxygen atoms in total. The van der Waals surface area contributed by atoms with Crippen molar-refractivity contribution in [2.75, 3.05) is 7.11 Å². The molecule has 0 aliphatic heterocycles. The number of amides is 1. The quantitative estimate of drug-likeness (QED) is 0.404. The molecule has 1 N–H and O–H groups in total. The zero-order valence-corrected chi connectivity index (χ0v) is 18.9. The largest absolute Gasteiger partial charge is 0.497 e. The Kier molecular flexibility index (Phi) is 6.21. The number of carbonyl (C=O) groups excluding carboxylic acids is 1. The van der Waals surface area contributed by atoms with Crippen LogP contribution in [0.15, 0.2) is 85.1 Å². The number of ether oxygens (including phenoxy) is 2. The molecule has 0 saturated carbocycles. The minimum atomic E-state index is -0.103. The number of hydrogen-bond acceptors (Lipinski definition) is 5. The topological polar surface area (TPSA) is 73.3 Å². The van der Waals surface area contributed by atoms with E-state index in [1.165, 1.54) is 11.1 Å². The first-order valence-electron chi connectivity index (χ1n) is 11.3. The van der Waals surface area contributed by atoms with Gasteiger partial charge in [0.05, 0.1) is 13.2 Å². The zero-order chi connectivity index (χ0) is 23.3. The van der Waals surface area contributed by atoms with E-state index in [1.54, 1.807) is 19.4 Å². The smallest absolute Gasteiger partial charge is 0.251 e. The van der Waals surface area contributed by atoms with Crippen molar-refractivity contribution in [3.63, 3.8) is 0 Å². The van der Waals surface area contributed by atoms with Gasteiger partial charge in [-0.1, -0.05) is 36.4 Å². The standard InChI is InChI=1S/C28H25N3O3/c1-33-22-12-14-23(15-13-22)34-26-16-17-29-27(31-26)20-8-4-9-21(18-20)28(32)30-25-11-5-7-19-6-2-3-10-24(19)25/h2-4,6,8-10,12-18,25H,5,7,11H2,1H3,(H,30,32)/t25-/m1/s1. The van der Waals surface area contributed by atoms with Crippen molar-refractivity contribution in [2.45, 2.75) is 25.3 Å². The Morgan fingerprint density at radius 1 is 0.971 bits per heavy atom. The molecule has 1 aliphatic carbocycles. The lowest BCUT2D eigenvalue weighted by atomic mass is 9.87. The average molecular weight is 452 g/mol. The molecule has 0 saturated heterocycles. The van der Waals surface area contributed by atoms with E-state index in [9.17, 15) is 4.79 Å². The molecule has 1 heterocycles. The molecule has 0 unspecified atom stereocenters. The summed E-state index contributed by atoms with van der Waals surface area (Å²) in [6.07, 6.45) is 4.71. The van der Waals surface area contributed by atoms with Crippen LogP contribution in [0.1, 0.15) is 40.4 Å². The SMILES string of the molecule is COc1ccc(Oc2ccnc(-c3cccc(C(=O)N[C@@H]4CCCc5ccccc54)c3)n2)cc1. The van der Waals surface area contributed by atoms with E-state index < -0.39 is 0 Å². The van der Waals surface area contributed by atoms with E-state index in [4.69, 9.17) is 9.47 Å². The Morgan fingerprint density at radius 3 is 2.65 bits per heavy atom. The number of rotatable bonds is 6. The minimum Gasteiger partial charge on any atom is -0.497 e. The van der Waals surface area contributed by atoms with Crippen molar-refractivity contribution in [1.82, 2.24) is 15.3 Å². The van der Waals surface area contributed by atoms with Gasteiger partial charge in [0.25, 0.3) is 5.91 Å². The van der Waals surface area contributed by atoms with Crippen molar-refractivity contribution < 1.29 is 14.3 Å². The predicted molar refractivity (Wildman–Crippen MR) is 130 cm³/mol. The second-order valence-electron chi connectivity index (χ2n) is 8.19. The first kappa shape index (κ1) is 21.6. The lowest BCUT2D eigenvalue weighted by Crippen LogP contribution is -2.30. The highest BCUT2D eigenvalue weighted by Gasteiger charge is 2.22. The Balaban J connectivity index is 1.33. The monoisotopic (exact) mass is 451 g/mol. The number of methoxy groups -OCH3 is 1. The molecular weight excluding hydrogens is 426 g/mol. The summed E-state index contributed by atoms with van der Waals surface area (Å²) in [6, 6.07) is 24.7. The van der Waals surface area contributed by atoms with Crippen LogP contribution in [0, 0.1) is 0 Å². The maximum atomic E-state index is 13.1. The molecule has 0 fully saturated rings. The summed E-state index contributed by atoms with van der Waals surface area (Å²) in [5, 5.41) is 3.21. The molecule has 34 heavy (non-hydrogen) atoms. The Bertz CT molecular complexity index is 1300. The molecule has 1 aliphatic rings. The van der Waals surface area contributed by atoms with Gasteiger partial charge in [0, 0.05) is 23.4 Å². The molecule has 1 aromatic heterocycles. The highest BCUT2D eigenvalue weighted by Crippen LogP contribution is 2.30. The van der Waals surface area contributed by atoms with Gasteiger partial charge in [-0.15, -0.1) is 0 Å². The van der Waals surface area contributed by atoms with Crippen LogP contribution in [0.3, 0.4) is 0 Å². The van der Waals surface area contributed by atoms with Crippen molar-refractivity contribution in [3.05, 3.63) is 102 Å². The van der Waals surface area contributed by atoms with Gasteiger partial charge < -0.3 is 14.8 Å². The van der Waals surface area contributed by atoms with Gasteiger partial charge in [0.1, 0.15) is 11.5 Å². The van der Waals surface area contributed by atoms with E-state index >= 15 is 0 Å². The number of aryl methyl sites for hydroxylation is 1. The Labute approximate surface area is 198 Å². The molecule has 0 bridgehead atoms. The number of carbonyl (C=O) groups is 1. The summed E-state index contributed by atoms with van der Waals surface area (Å²) >= 11 is 0. The maximum Gasteiger partial charge on any atom is 0.251 e. The lowest BCUT2D eigenvalue weighted by Gasteiger charge is -2.26. The van der Waals surface area contributed by atoms with Crippen LogP contribution in [0.25, 0.3) is 11.4 Å². The van der Waals surface area contributed by atoms with Crippen LogP contribution in [0.5, 0.6) is 17.4 Å². The van der Waals surface area contributed by atoms with Crippen molar-refractivity contribution >= 4 is 5.91 Å². The molecule has 0 radical (unpaired) electrons. The number of fused-ring (bicyclic) bond motifs is 1. The molecule has 3 aromatic carbocycles. The Morgan fingerprint density at radius 2 is 1.79 bits per heavy atom. The van der Waals surface area contributed by atoms with Crippen molar-refractivity contribution in [2.24, 2.45) is 0 Å². The van der Waals surface area contributed by atoms with Gasteiger partial charge in [-0.2, -0.15) is 4.98 Å². The highest BCUT2D eigenvalue weighted by molar-refractivity contribution is 5.95. The van der Waals surface area contributed by atoms with Gasteiger partial charge in [-0.3, -0.25) is 4.79 Å². The molecule has 5 rings (SSSR count). The summed E-state index contributed by atoms with van der Waals surface area (Å²) in [5.41, 5.74) is 3.85. The van der Waals surface area contributed by atoms with E-state index in [2.05, 4.69) is 33.5 Å². The lowest BCUT2D eigenvalue weighted by molar-refractivity contribution is 0.0933. The van der Waals surface area contributed by atoms with Gasteiger partial charge in [-0.05, 0) is 66.8 Å². The zero-order valence-electron chi connectivity index (χ0n) is 18.9. The third-order valence-corrected chi connectivity index (χ3v) is 5.97. The summed E-state index contributed by atoms with van der Waals surface area (Å²) in [4.78, 5) is 22.0. The van der Waals surface area contributed by atoms with Crippen molar-refractivity contribution in [1.29, 1.82) is 0 Å². The predicted octanol–water partition coefficient (Wildman–Crippen LogP) is 5.75. The molecule has 170 valence electrons. The Hall–Kier alpha value is -4.19. The molecule has 0 spiro atoms. The van der Waals surface area contributed by atoms with E-state index in [0.29, 0.717) is 23.0 Å². The molecule has 6 heteroatoms. The van der Waals surface area contributed by atoms with Crippen LogP contribution in [0.2, 0.25) is 0 Å². The summed E-state index contributed by atoms with van der Waals surface area (Å²) in [6.45, 7) is 0. The third kappa shape index (κ3) is 4.76. The molecular formula is C28H25N3O3. The number of benzene rings is 3. The number of nitrogens with one attached hydrogen (secondary N) is 1. The second-order valence-corrected chi connectivity index (χ2v) is 8.19. The fourth-order valence-electron chi connectivity index (χ4n) is 4.25. The van der Waals surface area contributed by atoms with Gasteiger partial charge in [0.15, 0.2) is 5.82 Å². The van der Waals surface area contributed by atoms with Crippen LogP contribution in [-0.4, -0.2) is 23.0 Å². The fraction of sp³-hybridized carbons (Fsp3) is 0.179. The first-order valence-corrected chi connectivity index (χ1v) is 11.3. The summed E-state index contributed by atoms with van der Waals surface area (Å²) < 4.78 is 11.0. The van der Waals surface area contributed by atoms with Crippen molar-refractivity contribution in [3.8, 4) is 28.8 Å².